The average Bonchev–Trinajstić information content (AvgIpc) is 2.88. The summed E-state index contributed by atoms with van der Waals surface area (Å²) in [5, 5.41) is 26.5. The van der Waals surface area contributed by atoms with Gasteiger partial charge in [-0.1, -0.05) is 42.5 Å². The Kier molecular flexibility index (Phi) is 11.6. The van der Waals surface area contributed by atoms with E-state index in [-0.39, 0.29) is 24.3 Å². The lowest BCUT2D eigenvalue weighted by Gasteiger charge is -2.25. The van der Waals surface area contributed by atoms with E-state index in [4.69, 9.17) is 11.5 Å². The zero-order chi connectivity index (χ0) is 28.2. The van der Waals surface area contributed by atoms with Crippen molar-refractivity contribution in [2.45, 2.75) is 43.4 Å². The molecule has 2 aromatic rings. The summed E-state index contributed by atoms with van der Waals surface area (Å²) in [6.45, 7) is 0. The van der Waals surface area contributed by atoms with Crippen LogP contribution in [0.25, 0.3) is 0 Å². The van der Waals surface area contributed by atoms with Crippen LogP contribution >= 0.6 is 12.6 Å². The number of aliphatic carboxylic acids is 1. The molecule has 0 bridgehead atoms. The summed E-state index contributed by atoms with van der Waals surface area (Å²) in [7, 11) is 0. The van der Waals surface area contributed by atoms with E-state index in [1.165, 1.54) is 24.3 Å². The minimum Gasteiger partial charge on any atom is -0.508 e. The van der Waals surface area contributed by atoms with Gasteiger partial charge in [-0.15, -0.1) is 0 Å². The number of phenols is 1. The molecule has 2 aromatic carbocycles. The number of nitrogens with one attached hydrogen (secondary N) is 3. The van der Waals surface area contributed by atoms with Gasteiger partial charge in [0.1, 0.15) is 23.9 Å². The Morgan fingerprint density at radius 1 is 0.763 bits per heavy atom. The van der Waals surface area contributed by atoms with Gasteiger partial charge in [-0.05, 0) is 23.3 Å². The van der Waals surface area contributed by atoms with E-state index in [1.54, 1.807) is 30.3 Å². The molecule has 2 rings (SSSR count). The van der Waals surface area contributed by atoms with Gasteiger partial charge in [-0.2, -0.15) is 12.6 Å². The zero-order valence-corrected chi connectivity index (χ0v) is 21.3. The van der Waals surface area contributed by atoms with Crippen molar-refractivity contribution in [2.75, 3.05) is 5.75 Å². The number of benzene rings is 2. The number of carboxylic acids is 1. The summed E-state index contributed by atoms with van der Waals surface area (Å²) in [5.74, 6) is -4.69. The summed E-state index contributed by atoms with van der Waals surface area (Å²) in [5.41, 5.74) is 12.1. The standard InChI is InChI=1S/C25H31N5O7S/c26-17(13-38)22(33)28-19(12-21(27)32)24(35)29-18(10-15-6-8-16(31)9-7-15)23(34)30-20(25(36)37)11-14-4-2-1-3-5-14/h1-9,17-20,31,38H,10-13,26H2,(H2,27,32)(H,28,33)(H,29,35)(H,30,34)(H,36,37). The Bertz CT molecular complexity index is 1130. The lowest BCUT2D eigenvalue weighted by atomic mass is 10.0. The van der Waals surface area contributed by atoms with Crippen molar-refractivity contribution in [1.82, 2.24) is 16.0 Å². The lowest BCUT2D eigenvalue weighted by Crippen LogP contribution is -2.58. The first-order valence-corrected chi connectivity index (χ1v) is 12.2. The third-order valence-electron chi connectivity index (χ3n) is 5.48. The van der Waals surface area contributed by atoms with Gasteiger partial charge < -0.3 is 37.6 Å². The average molecular weight is 546 g/mol. The van der Waals surface area contributed by atoms with E-state index in [1.807, 2.05) is 0 Å². The highest BCUT2D eigenvalue weighted by atomic mass is 32.1. The number of rotatable bonds is 14. The summed E-state index contributed by atoms with van der Waals surface area (Å²) in [4.78, 5) is 61.9. The molecular formula is C25H31N5O7S. The first kappa shape index (κ1) is 30.1. The molecule has 0 saturated carbocycles. The SMILES string of the molecule is NC(=O)CC(NC(=O)C(N)CS)C(=O)NC(Cc1ccc(O)cc1)C(=O)NC(Cc1ccccc1)C(=O)O. The van der Waals surface area contributed by atoms with Gasteiger partial charge >= 0.3 is 5.97 Å². The maximum atomic E-state index is 13.2. The number of hydrogen-bond donors (Lipinski definition) is 8. The van der Waals surface area contributed by atoms with Crippen molar-refractivity contribution >= 4 is 42.2 Å². The molecule has 0 radical (unpaired) electrons. The quantitative estimate of drug-likeness (QED) is 0.135. The minimum atomic E-state index is -1.44. The number of carbonyl (C=O) groups is 5. The van der Waals surface area contributed by atoms with E-state index in [2.05, 4.69) is 28.6 Å². The Labute approximate surface area is 224 Å². The molecule has 0 aromatic heterocycles. The van der Waals surface area contributed by atoms with Crippen LogP contribution in [-0.2, 0) is 36.8 Å². The molecular weight excluding hydrogens is 514 g/mol. The molecule has 12 nitrogen and oxygen atoms in total. The van der Waals surface area contributed by atoms with Crippen LogP contribution < -0.4 is 27.4 Å². The first-order chi connectivity index (χ1) is 18.0. The smallest absolute Gasteiger partial charge is 0.326 e. The van der Waals surface area contributed by atoms with Crippen LogP contribution in [0.15, 0.2) is 54.6 Å². The predicted octanol–water partition coefficient (Wildman–Crippen LogP) is -1.15. The van der Waals surface area contributed by atoms with E-state index in [0.717, 1.165) is 0 Å². The molecule has 0 saturated heterocycles. The molecule has 0 aliphatic rings. The van der Waals surface area contributed by atoms with E-state index in [0.29, 0.717) is 11.1 Å². The number of primary amides is 1. The highest BCUT2D eigenvalue weighted by molar-refractivity contribution is 7.80. The maximum Gasteiger partial charge on any atom is 0.326 e. The van der Waals surface area contributed by atoms with Gasteiger partial charge in [0.15, 0.2) is 0 Å². The van der Waals surface area contributed by atoms with Crippen LogP contribution in [-0.4, -0.2) is 69.7 Å². The van der Waals surface area contributed by atoms with Crippen LogP contribution in [0.5, 0.6) is 5.75 Å². The minimum absolute atomic E-state index is 0.0102. The summed E-state index contributed by atoms with van der Waals surface area (Å²) in [6.07, 6.45) is -0.678. The molecule has 4 amide bonds. The molecule has 4 atom stereocenters. The van der Waals surface area contributed by atoms with Gasteiger partial charge in [0, 0.05) is 18.6 Å². The monoisotopic (exact) mass is 545 g/mol. The van der Waals surface area contributed by atoms with Crippen molar-refractivity contribution in [3.63, 3.8) is 0 Å². The molecule has 9 N–H and O–H groups in total. The van der Waals surface area contributed by atoms with Gasteiger partial charge in [0.25, 0.3) is 0 Å². The van der Waals surface area contributed by atoms with E-state index in [9.17, 15) is 34.2 Å². The Morgan fingerprint density at radius 2 is 1.26 bits per heavy atom. The Hall–Kier alpha value is -4.10. The Morgan fingerprint density at radius 3 is 1.82 bits per heavy atom. The van der Waals surface area contributed by atoms with Crippen molar-refractivity contribution < 1.29 is 34.2 Å². The molecule has 0 fully saturated rings. The third kappa shape index (κ3) is 9.75. The number of aromatic hydroxyl groups is 1. The lowest BCUT2D eigenvalue weighted by molar-refractivity contribution is -0.142. The number of thiol groups is 1. The number of carboxylic acid groups (broad SMARTS) is 1. The molecule has 204 valence electrons. The number of phenolic OH excluding ortho intramolecular Hbond substituents is 1. The van der Waals surface area contributed by atoms with Crippen LogP contribution in [0, 0.1) is 0 Å². The van der Waals surface area contributed by atoms with E-state index >= 15 is 0 Å². The first-order valence-electron chi connectivity index (χ1n) is 11.6. The van der Waals surface area contributed by atoms with Crippen molar-refractivity contribution in [2.24, 2.45) is 11.5 Å². The van der Waals surface area contributed by atoms with E-state index < -0.39 is 60.2 Å². The highest BCUT2D eigenvalue weighted by Gasteiger charge is 2.31. The van der Waals surface area contributed by atoms with Crippen molar-refractivity contribution in [1.29, 1.82) is 0 Å². The summed E-state index contributed by atoms with van der Waals surface area (Å²) < 4.78 is 0. The molecule has 4 unspecified atom stereocenters. The fourth-order valence-electron chi connectivity index (χ4n) is 3.44. The largest absolute Gasteiger partial charge is 0.508 e. The van der Waals surface area contributed by atoms with Crippen LogP contribution in [0.4, 0.5) is 0 Å². The molecule has 38 heavy (non-hydrogen) atoms. The van der Waals surface area contributed by atoms with Gasteiger partial charge in [0.05, 0.1) is 12.5 Å². The second-order valence-corrected chi connectivity index (χ2v) is 8.91. The van der Waals surface area contributed by atoms with Crippen LogP contribution in [0.3, 0.4) is 0 Å². The number of nitrogens with two attached hydrogens (primary N) is 2. The molecule has 0 spiro atoms. The van der Waals surface area contributed by atoms with Gasteiger partial charge in [-0.3, -0.25) is 19.2 Å². The number of carbonyl (C=O) groups excluding carboxylic acids is 4. The molecule has 13 heteroatoms. The Balaban J connectivity index is 2.27. The number of hydrogen-bond acceptors (Lipinski definition) is 8. The highest BCUT2D eigenvalue weighted by Crippen LogP contribution is 2.12. The molecule has 0 aliphatic heterocycles. The van der Waals surface area contributed by atoms with Crippen molar-refractivity contribution in [3.8, 4) is 5.75 Å². The maximum absolute atomic E-state index is 13.2. The normalized spacial score (nSPS) is 13.8. The number of amides is 4. The molecule has 0 heterocycles. The topological polar surface area (TPSA) is 214 Å². The zero-order valence-electron chi connectivity index (χ0n) is 20.4. The van der Waals surface area contributed by atoms with Crippen LogP contribution in [0.2, 0.25) is 0 Å². The fraction of sp³-hybridized carbons (Fsp3) is 0.320. The van der Waals surface area contributed by atoms with Crippen LogP contribution in [0.1, 0.15) is 17.5 Å². The fourth-order valence-corrected chi connectivity index (χ4v) is 3.61. The van der Waals surface area contributed by atoms with Crippen molar-refractivity contribution in [3.05, 3.63) is 65.7 Å². The third-order valence-corrected chi connectivity index (χ3v) is 5.87. The summed E-state index contributed by atoms with van der Waals surface area (Å²) in [6, 6.07) is 9.35. The predicted molar refractivity (Wildman–Crippen MR) is 141 cm³/mol. The second-order valence-electron chi connectivity index (χ2n) is 8.54. The molecule has 0 aliphatic carbocycles. The van der Waals surface area contributed by atoms with Gasteiger partial charge in [0.2, 0.25) is 23.6 Å². The van der Waals surface area contributed by atoms with Gasteiger partial charge in [-0.25, -0.2) is 4.79 Å². The summed E-state index contributed by atoms with van der Waals surface area (Å²) >= 11 is 3.93. The second kappa shape index (κ2) is 14.6.